The summed E-state index contributed by atoms with van der Waals surface area (Å²) in [6.07, 6.45) is 3.35. The van der Waals surface area contributed by atoms with Gasteiger partial charge in [-0.1, -0.05) is 28.1 Å². The molecular formula is C14H16BrN3O. The van der Waals surface area contributed by atoms with Crippen molar-refractivity contribution in [2.45, 2.75) is 26.4 Å². The molecule has 1 aromatic heterocycles. The molecular weight excluding hydrogens is 306 g/mol. The van der Waals surface area contributed by atoms with Gasteiger partial charge >= 0.3 is 0 Å². The van der Waals surface area contributed by atoms with Gasteiger partial charge in [-0.05, 0) is 31.5 Å². The third kappa shape index (κ3) is 3.44. The highest BCUT2D eigenvalue weighted by atomic mass is 79.9. The van der Waals surface area contributed by atoms with E-state index in [9.17, 15) is 4.79 Å². The highest BCUT2D eigenvalue weighted by Crippen LogP contribution is 2.11. The molecule has 2 aromatic rings. The van der Waals surface area contributed by atoms with Crippen molar-refractivity contribution in [2.24, 2.45) is 0 Å². The van der Waals surface area contributed by atoms with Gasteiger partial charge < -0.3 is 9.88 Å². The number of nitrogens with one attached hydrogen (secondary N) is 1. The van der Waals surface area contributed by atoms with E-state index in [-0.39, 0.29) is 11.6 Å². The molecule has 0 bridgehead atoms. The van der Waals surface area contributed by atoms with E-state index in [0.717, 1.165) is 10.0 Å². The fourth-order valence-corrected chi connectivity index (χ4v) is 2.01. The van der Waals surface area contributed by atoms with E-state index in [1.165, 1.54) is 0 Å². The molecule has 0 aliphatic rings. The van der Waals surface area contributed by atoms with Gasteiger partial charge in [0.25, 0.3) is 5.56 Å². The summed E-state index contributed by atoms with van der Waals surface area (Å²) >= 11 is 3.39. The zero-order valence-corrected chi connectivity index (χ0v) is 12.5. The van der Waals surface area contributed by atoms with Crippen LogP contribution < -0.4 is 10.9 Å². The van der Waals surface area contributed by atoms with E-state index in [4.69, 9.17) is 0 Å². The topological polar surface area (TPSA) is 46.9 Å². The predicted molar refractivity (Wildman–Crippen MR) is 80.4 cm³/mol. The van der Waals surface area contributed by atoms with Crippen LogP contribution in [0.1, 0.15) is 25.5 Å². The van der Waals surface area contributed by atoms with Crippen molar-refractivity contribution < 1.29 is 0 Å². The Balaban J connectivity index is 2.14. The lowest BCUT2D eigenvalue weighted by Crippen LogP contribution is -2.25. The first kappa shape index (κ1) is 13.8. The van der Waals surface area contributed by atoms with Crippen LogP contribution in [0.2, 0.25) is 0 Å². The maximum absolute atomic E-state index is 12.1. The lowest BCUT2D eigenvalue weighted by molar-refractivity contribution is 0.575. The van der Waals surface area contributed by atoms with Crippen LogP contribution in [0.5, 0.6) is 0 Å². The second-order valence-corrected chi connectivity index (χ2v) is 5.48. The normalized spacial score (nSPS) is 10.7. The highest BCUT2D eigenvalue weighted by Gasteiger charge is 2.06. The number of nitrogens with zero attached hydrogens (tertiary/aromatic N) is 2. The summed E-state index contributed by atoms with van der Waals surface area (Å²) in [5.74, 6) is 0.388. The van der Waals surface area contributed by atoms with E-state index in [1.807, 2.05) is 38.1 Å². The summed E-state index contributed by atoms with van der Waals surface area (Å²) in [6, 6.07) is 8.08. The van der Waals surface area contributed by atoms with E-state index in [2.05, 4.69) is 26.2 Å². The SMILES string of the molecule is CC(C)n1ccnc(NCc2ccc(Br)cc2)c1=O. The standard InChI is InChI=1S/C14H16BrN3O/c1-10(2)18-8-7-16-13(14(18)19)17-9-11-3-5-12(15)6-4-11/h3-8,10H,9H2,1-2H3,(H,16,17). The first-order chi connectivity index (χ1) is 9.08. The van der Waals surface area contributed by atoms with Crippen LogP contribution in [0.25, 0.3) is 0 Å². The van der Waals surface area contributed by atoms with Gasteiger partial charge in [0.15, 0.2) is 5.82 Å². The maximum Gasteiger partial charge on any atom is 0.293 e. The fourth-order valence-electron chi connectivity index (χ4n) is 1.74. The third-order valence-corrected chi connectivity index (χ3v) is 3.33. The van der Waals surface area contributed by atoms with Gasteiger partial charge in [-0.3, -0.25) is 4.79 Å². The Morgan fingerprint density at radius 1 is 1.32 bits per heavy atom. The number of hydrogen-bond donors (Lipinski definition) is 1. The molecule has 1 aromatic carbocycles. The number of rotatable bonds is 4. The highest BCUT2D eigenvalue weighted by molar-refractivity contribution is 9.10. The van der Waals surface area contributed by atoms with Crippen LogP contribution in [0.15, 0.2) is 45.9 Å². The van der Waals surface area contributed by atoms with Crippen LogP contribution in [-0.2, 0) is 6.54 Å². The molecule has 0 saturated carbocycles. The minimum atomic E-state index is -0.0883. The molecule has 0 aliphatic carbocycles. The van der Waals surface area contributed by atoms with Crippen LogP contribution in [0, 0.1) is 0 Å². The molecule has 1 heterocycles. The molecule has 0 amide bonds. The lowest BCUT2D eigenvalue weighted by Gasteiger charge is -2.11. The first-order valence-electron chi connectivity index (χ1n) is 6.13. The summed E-state index contributed by atoms with van der Waals surface area (Å²) < 4.78 is 2.70. The van der Waals surface area contributed by atoms with E-state index >= 15 is 0 Å². The maximum atomic E-state index is 12.1. The van der Waals surface area contributed by atoms with Gasteiger partial charge in [-0.15, -0.1) is 0 Å². The summed E-state index contributed by atoms with van der Waals surface area (Å²) in [5.41, 5.74) is 1.01. The van der Waals surface area contributed by atoms with E-state index in [1.54, 1.807) is 17.0 Å². The Labute approximate surface area is 120 Å². The van der Waals surface area contributed by atoms with Gasteiger partial charge in [-0.25, -0.2) is 4.98 Å². The molecule has 0 fully saturated rings. The van der Waals surface area contributed by atoms with Crippen LogP contribution in [-0.4, -0.2) is 9.55 Å². The van der Waals surface area contributed by atoms with Crippen molar-refractivity contribution in [1.82, 2.24) is 9.55 Å². The van der Waals surface area contributed by atoms with Crippen molar-refractivity contribution in [3.63, 3.8) is 0 Å². The molecule has 0 aliphatic heterocycles. The number of hydrogen-bond acceptors (Lipinski definition) is 3. The van der Waals surface area contributed by atoms with Crippen molar-refractivity contribution in [3.05, 3.63) is 57.0 Å². The van der Waals surface area contributed by atoms with Gasteiger partial charge in [0.1, 0.15) is 0 Å². The van der Waals surface area contributed by atoms with Crippen LogP contribution in [0.4, 0.5) is 5.82 Å². The minimum absolute atomic E-state index is 0.0883. The summed E-state index contributed by atoms with van der Waals surface area (Å²) in [7, 11) is 0. The zero-order valence-electron chi connectivity index (χ0n) is 10.9. The summed E-state index contributed by atoms with van der Waals surface area (Å²) in [6.45, 7) is 4.53. The zero-order chi connectivity index (χ0) is 13.8. The van der Waals surface area contributed by atoms with Crippen molar-refractivity contribution in [1.29, 1.82) is 0 Å². The quantitative estimate of drug-likeness (QED) is 0.940. The molecule has 100 valence electrons. The Morgan fingerprint density at radius 2 is 2.00 bits per heavy atom. The van der Waals surface area contributed by atoms with Crippen molar-refractivity contribution in [3.8, 4) is 0 Å². The smallest absolute Gasteiger partial charge is 0.293 e. The minimum Gasteiger partial charge on any atom is -0.361 e. The summed E-state index contributed by atoms with van der Waals surface area (Å²) in [5, 5.41) is 3.08. The van der Waals surface area contributed by atoms with E-state index in [0.29, 0.717) is 12.4 Å². The molecule has 2 rings (SSSR count). The number of benzene rings is 1. The molecule has 0 atom stereocenters. The largest absolute Gasteiger partial charge is 0.361 e. The number of anilines is 1. The third-order valence-electron chi connectivity index (χ3n) is 2.80. The van der Waals surface area contributed by atoms with Gasteiger partial charge in [-0.2, -0.15) is 0 Å². The average Bonchev–Trinajstić information content (AvgIpc) is 2.39. The molecule has 0 unspecified atom stereocenters. The molecule has 0 saturated heterocycles. The molecule has 5 heteroatoms. The Bertz CT molecular complexity index is 605. The first-order valence-corrected chi connectivity index (χ1v) is 6.92. The number of halogens is 1. The van der Waals surface area contributed by atoms with Gasteiger partial charge in [0, 0.05) is 29.5 Å². The van der Waals surface area contributed by atoms with E-state index < -0.39 is 0 Å². The Morgan fingerprint density at radius 3 is 2.63 bits per heavy atom. The molecule has 1 N–H and O–H groups in total. The molecule has 0 radical (unpaired) electrons. The Kier molecular flexibility index (Phi) is 4.37. The second kappa shape index (κ2) is 6.02. The fraction of sp³-hybridized carbons (Fsp3) is 0.286. The van der Waals surface area contributed by atoms with Crippen molar-refractivity contribution >= 4 is 21.7 Å². The predicted octanol–water partition coefficient (Wildman–Crippen LogP) is 3.20. The summed E-state index contributed by atoms with van der Waals surface area (Å²) in [4.78, 5) is 16.2. The van der Waals surface area contributed by atoms with Gasteiger partial charge in [0.2, 0.25) is 0 Å². The van der Waals surface area contributed by atoms with Gasteiger partial charge in [0.05, 0.1) is 0 Å². The molecule has 19 heavy (non-hydrogen) atoms. The lowest BCUT2D eigenvalue weighted by atomic mass is 10.2. The molecule has 4 nitrogen and oxygen atoms in total. The number of aromatic nitrogens is 2. The monoisotopic (exact) mass is 321 g/mol. The molecule has 0 spiro atoms. The van der Waals surface area contributed by atoms with Crippen LogP contribution >= 0.6 is 15.9 Å². The van der Waals surface area contributed by atoms with Crippen molar-refractivity contribution in [2.75, 3.05) is 5.32 Å². The Hall–Kier alpha value is -1.62. The average molecular weight is 322 g/mol. The van der Waals surface area contributed by atoms with Crippen LogP contribution in [0.3, 0.4) is 0 Å². The second-order valence-electron chi connectivity index (χ2n) is 4.56.